The summed E-state index contributed by atoms with van der Waals surface area (Å²) in [6.45, 7) is 6.63. The van der Waals surface area contributed by atoms with Crippen LogP contribution >= 0.6 is 11.3 Å². The Kier molecular flexibility index (Phi) is 6.13. The van der Waals surface area contributed by atoms with Gasteiger partial charge in [0.15, 0.2) is 0 Å². The van der Waals surface area contributed by atoms with Crippen LogP contribution in [0.25, 0.3) is 10.2 Å². The van der Waals surface area contributed by atoms with Crippen LogP contribution in [0.4, 0.5) is 0 Å². The van der Waals surface area contributed by atoms with Crippen molar-refractivity contribution in [1.29, 1.82) is 0 Å². The number of nitrogens with zero attached hydrogens (tertiary/aromatic N) is 3. The van der Waals surface area contributed by atoms with E-state index in [1.807, 2.05) is 52.3 Å². The molecule has 0 spiro atoms. The molecule has 0 bridgehead atoms. The summed E-state index contributed by atoms with van der Waals surface area (Å²) in [6, 6.07) is 15.9. The lowest BCUT2D eigenvalue weighted by atomic mass is 10.0. The van der Waals surface area contributed by atoms with Crippen molar-refractivity contribution in [3.8, 4) is 0 Å². The number of benzene rings is 2. The number of aromatic nitrogens is 1. The predicted octanol–water partition coefficient (Wildman–Crippen LogP) is 4.34. The Morgan fingerprint density at radius 3 is 2.30 bits per heavy atom. The minimum absolute atomic E-state index is 0.0480. The van der Waals surface area contributed by atoms with Crippen LogP contribution in [0.1, 0.15) is 47.1 Å². The Morgan fingerprint density at radius 1 is 0.967 bits per heavy atom. The average molecular weight is 422 g/mol. The summed E-state index contributed by atoms with van der Waals surface area (Å²) in [4.78, 5) is 33.7. The Balaban J connectivity index is 1.28. The highest BCUT2D eigenvalue weighted by atomic mass is 32.1. The number of hydrogen-bond donors (Lipinski definition) is 0. The maximum Gasteiger partial charge on any atom is 0.253 e. The minimum Gasteiger partial charge on any atom is -0.339 e. The molecule has 0 aliphatic carbocycles. The van der Waals surface area contributed by atoms with Crippen LogP contribution in [0, 0.1) is 0 Å². The summed E-state index contributed by atoms with van der Waals surface area (Å²) >= 11 is 1.66. The largest absolute Gasteiger partial charge is 0.339 e. The maximum atomic E-state index is 12.8. The Bertz CT molecular complexity index is 1000. The van der Waals surface area contributed by atoms with Gasteiger partial charge in [-0.2, -0.15) is 0 Å². The van der Waals surface area contributed by atoms with E-state index in [0.29, 0.717) is 44.9 Å². The number of carbonyl (C=O) groups excluding carboxylic acids is 2. The number of aryl methyl sites for hydroxylation is 1. The molecule has 1 aliphatic rings. The predicted molar refractivity (Wildman–Crippen MR) is 121 cm³/mol. The molecule has 5 nitrogen and oxygen atoms in total. The zero-order valence-corrected chi connectivity index (χ0v) is 18.3. The molecule has 3 aromatic rings. The molecule has 2 aromatic carbocycles. The standard InChI is InChI=1S/C24H27N3O2S/c1-17(2)18-7-9-19(10-8-18)24(29)27-15-13-26(14-16-27)23(28)12-11-22-25-20-5-3-4-6-21(20)30-22/h3-10,17H,11-16H2,1-2H3. The van der Waals surface area contributed by atoms with Gasteiger partial charge in [0.25, 0.3) is 5.91 Å². The second-order valence-corrected chi connectivity index (χ2v) is 9.14. The minimum atomic E-state index is 0.0480. The van der Waals surface area contributed by atoms with Gasteiger partial charge in [0.05, 0.1) is 15.2 Å². The number of hydrogen-bond acceptors (Lipinski definition) is 4. The normalized spacial score (nSPS) is 14.5. The third-order valence-electron chi connectivity index (χ3n) is 5.63. The lowest BCUT2D eigenvalue weighted by molar-refractivity contribution is -0.132. The van der Waals surface area contributed by atoms with Crippen LogP contribution in [-0.4, -0.2) is 52.8 Å². The van der Waals surface area contributed by atoms with Gasteiger partial charge >= 0.3 is 0 Å². The first-order valence-corrected chi connectivity index (χ1v) is 11.3. The van der Waals surface area contributed by atoms with E-state index in [2.05, 4.69) is 24.9 Å². The van der Waals surface area contributed by atoms with E-state index in [1.54, 1.807) is 11.3 Å². The van der Waals surface area contributed by atoms with Crippen LogP contribution in [0.5, 0.6) is 0 Å². The number of thiazole rings is 1. The van der Waals surface area contributed by atoms with Gasteiger partial charge in [-0.05, 0) is 35.7 Å². The van der Waals surface area contributed by atoms with E-state index >= 15 is 0 Å². The molecule has 30 heavy (non-hydrogen) atoms. The van der Waals surface area contributed by atoms with Gasteiger partial charge in [0.2, 0.25) is 5.91 Å². The molecule has 2 heterocycles. The van der Waals surface area contributed by atoms with Crippen LogP contribution in [0.15, 0.2) is 48.5 Å². The van der Waals surface area contributed by atoms with Gasteiger partial charge < -0.3 is 9.80 Å². The van der Waals surface area contributed by atoms with Gasteiger partial charge in [-0.15, -0.1) is 11.3 Å². The molecule has 1 saturated heterocycles. The van der Waals surface area contributed by atoms with Crippen molar-refractivity contribution in [3.63, 3.8) is 0 Å². The van der Waals surface area contributed by atoms with Gasteiger partial charge in [-0.3, -0.25) is 9.59 Å². The van der Waals surface area contributed by atoms with Crippen molar-refractivity contribution in [2.24, 2.45) is 0 Å². The van der Waals surface area contributed by atoms with E-state index in [4.69, 9.17) is 0 Å². The summed E-state index contributed by atoms with van der Waals surface area (Å²) in [5.74, 6) is 0.640. The van der Waals surface area contributed by atoms with Gasteiger partial charge in [0.1, 0.15) is 0 Å². The van der Waals surface area contributed by atoms with E-state index < -0.39 is 0 Å². The summed E-state index contributed by atoms with van der Waals surface area (Å²) < 4.78 is 1.16. The molecule has 6 heteroatoms. The molecule has 0 radical (unpaired) electrons. The average Bonchev–Trinajstić information content (AvgIpc) is 3.20. The SMILES string of the molecule is CC(C)c1ccc(C(=O)N2CCN(C(=O)CCc3nc4ccccc4s3)CC2)cc1. The molecule has 1 fully saturated rings. The molecule has 0 unspecified atom stereocenters. The highest BCUT2D eigenvalue weighted by molar-refractivity contribution is 7.18. The summed E-state index contributed by atoms with van der Waals surface area (Å²) in [5, 5.41) is 1.00. The van der Waals surface area contributed by atoms with Crippen LogP contribution < -0.4 is 0 Å². The molecule has 2 amide bonds. The smallest absolute Gasteiger partial charge is 0.253 e. The van der Waals surface area contributed by atoms with E-state index in [1.165, 1.54) is 5.56 Å². The Labute approximate surface area is 181 Å². The highest BCUT2D eigenvalue weighted by Gasteiger charge is 2.25. The number of fused-ring (bicyclic) bond motifs is 1. The maximum absolute atomic E-state index is 12.8. The first-order valence-electron chi connectivity index (χ1n) is 10.5. The highest BCUT2D eigenvalue weighted by Crippen LogP contribution is 2.23. The number of carbonyl (C=O) groups is 2. The van der Waals surface area contributed by atoms with Crippen LogP contribution in [0.2, 0.25) is 0 Å². The topological polar surface area (TPSA) is 53.5 Å². The summed E-state index contributed by atoms with van der Waals surface area (Å²) in [6.07, 6.45) is 1.13. The van der Waals surface area contributed by atoms with Crippen molar-refractivity contribution in [2.75, 3.05) is 26.2 Å². The monoisotopic (exact) mass is 421 g/mol. The molecular formula is C24H27N3O2S. The van der Waals surface area contributed by atoms with Crippen LogP contribution in [-0.2, 0) is 11.2 Å². The number of amides is 2. The van der Waals surface area contributed by atoms with Crippen molar-refractivity contribution in [3.05, 3.63) is 64.7 Å². The molecule has 0 N–H and O–H groups in total. The fraction of sp³-hybridized carbons (Fsp3) is 0.375. The van der Waals surface area contributed by atoms with Crippen molar-refractivity contribution in [2.45, 2.75) is 32.6 Å². The molecule has 4 rings (SSSR count). The van der Waals surface area contributed by atoms with Crippen molar-refractivity contribution >= 4 is 33.4 Å². The van der Waals surface area contributed by atoms with E-state index in [9.17, 15) is 9.59 Å². The second kappa shape index (κ2) is 8.96. The molecule has 1 aromatic heterocycles. The van der Waals surface area contributed by atoms with Crippen molar-refractivity contribution < 1.29 is 9.59 Å². The fourth-order valence-electron chi connectivity index (χ4n) is 3.75. The Morgan fingerprint density at radius 2 is 1.63 bits per heavy atom. The number of rotatable bonds is 5. The van der Waals surface area contributed by atoms with Gasteiger partial charge in [0, 0.05) is 44.6 Å². The quantitative estimate of drug-likeness (QED) is 0.616. The summed E-state index contributed by atoms with van der Waals surface area (Å²) in [7, 11) is 0. The van der Waals surface area contributed by atoms with E-state index in [0.717, 1.165) is 20.8 Å². The van der Waals surface area contributed by atoms with E-state index in [-0.39, 0.29) is 11.8 Å². The molecule has 0 atom stereocenters. The number of piperazine rings is 1. The number of para-hydroxylation sites is 1. The van der Waals surface area contributed by atoms with Gasteiger partial charge in [-0.25, -0.2) is 4.98 Å². The molecule has 1 aliphatic heterocycles. The first kappa shape index (κ1) is 20.5. The third-order valence-corrected chi connectivity index (χ3v) is 6.73. The first-order chi connectivity index (χ1) is 14.5. The zero-order chi connectivity index (χ0) is 21.1. The van der Waals surface area contributed by atoms with Crippen molar-refractivity contribution in [1.82, 2.24) is 14.8 Å². The Hall–Kier alpha value is -2.73. The fourth-order valence-corrected chi connectivity index (χ4v) is 4.72. The lowest BCUT2D eigenvalue weighted by Gasteiger charge is -2.35. The zero-order valence-electron chi connectivity index (χ0n) is 17.5. The second-order valence-electron chi connectivity index (χ2n) is 8.03. The molecule has 0 saturated carbocycles. The lowest BCUT2D eigenvalue weighted by Crippen LogP contribution is -2.50. The summed E-state index contributed by atoms with van der Waals surface area (Å²) in [5.41, 5.74) is 2.95. The third kappa shape index (κ3) is 4.54. The molecule has 156 valence electrons. The van der Waals surface area contributed by atoms with Crippen LogP contribution in [0.3, 0.4) is 0 Å². The molecular weight excluding hydrogens is 394 g/mol. The van der Waals surface area contributed by atoms with Gasteiger partial charge in [-0.1, -0.05) is 38.1 Å².